The van der Waals surface area contributed by atoms with E-state index < -0.39 is 0 Å². The van der Waals surface area contributed by atoms with E-state index in [0.717, 1.165) is 18.7 Å². The average Bonchev–Trinajstić information content (AvgIpc) is 2.63. The highest BCUT2D eigenvalue weighted by Gasteiger charge is 2.02. The zero-order valence-corrected chi connectivity index (χ0v) is 8.81. The summed E-state index contributed by atoms with van der Waals surface area (Å²) in [6.07, 6.45) is 4.65. The van der Waals surface area contributed by atoms with Gasteiger partial charge in [0, 0.05) is 19.1 Å². The number of aliphatic hydroxyl groups is 1. The number of aromatic nitrogens is 2. The van der Waals surface area contributed by atoms with Gasteiger partial charge in [0.05, 0.1) is 19.0 Å². The van der Waals surface area contributed by atoms with Gasteiger partial charge in [-0.15, -0.1) is 0 Å². The molecular weight excluding hydrogens is 180 g/mol. The number of ether oxygens (including phenoxy) is 1. The Bertz CT molecular complexity index is 260. The van der Waals surface area contributed by atoms with Crippen LogP contribution in [0.2, 0.25) is 0 Å². The van der Waals surface area contributed by atoms with Crippen molar-refractivity contribution in [3.63, 3.8) is 0 Å². The quantitative estimate of drug-likeness (QED) is 0.749. The van der Waals surface area contributed by atoms with Crippen LogP contribution in [0.15, 0.2) is 12.4 Å². The van der Waals surface area contributed by atoms with Crippen molar-refractivity contribution in [3.05, 3.63) is 12.4 Å². The molecule has 4 nitrogen and oxygen atoms in total. The first-order chi connectivity index (χ1) is 6.76. The van der Waals surface area contributed by atoms with E-state index in [-0.39, 0.29) is 12.5 Å². The number of aryl methyl sites for hydroxylation is 1. The minimum Gasteiger partial charge on any atom is -0.490 e. The van der Waals surface area contributed by atoms with Crippen molar-refractivity contribution < 1.29 is 9.84 Å². The van der Waals surface area contributed by atoms with Gasteiger partial charge in [-0.1, -0.05) is 13.8 Å². The van der Waals surface area contributed by atoms with Crippen molar-refractivity contribution in [1.82, 2.24) is 9.78 Å². The Balaban J connectivity index is 2.35. The van der Waals surface area contributed by atoms with Crippen LogP contribution in [0.1, 0.15) is 20.3 Å². The molecule has 0 amide bonds. The van der Waals surface area contributed by atoms with Crippen LogP contribution >= 0.6 is 0 Å². The standard InChI is InChI=1S/C10H18N2O2/c1-3-4-12-6-10(5-11-12)14-8-9(2)7-13/h5-6,9,13H,3-4,7-8H2,1-2H3. The molecule has 1 aromatic rings. The van der Waals surface area contributed by atoms with Crippen LogP contribution in [0.3, 0.4) is 0 Å². The van der Waals surface area contributed by atoms with E-state index in [2.05, 4.69) is 12.0 Å². The lowest BCUT2D eigenvalue weighted by molar-refractivity contribution is 0.174. The summed E-state index contributed by atoms with van der Waals surface area (Å²) < 4.78 is 7.30. The molecule has 4 heteroatoms. The number of hydrogen-bond acceptors (Lipinski definition) is 3. The topological polar surface area (TPSA) is 47.3 Å². The first kappa shape index (κ1) is 11.0. The third-order valence-electron chi connectivity index (χ3n) is 1.91. The summed E-state index contributed by atoms with van der Waals surface area (Å²) in [6.45, 7) is 5.66. The van der Waals surface area contributed by atoms with E-state index in [1.807, 2.05) is 17.8 Å². The van der Waals surface area contributed by atoms with E-state index in [1.165, 1.54) is 0 Å². The molecule has 0 saturated heterocycles. The van der Waals surface area contributed by atoms with Crippen molar-refractivity contribution in [2.75, 3.05) is 13.2 Å². The van der Waals surface area contributed by atoms with E-state index in [0.29, 0.717) is 6.61 Å². The van der Waals surface area contributed by atoms with Gasteiger partial charge in [-0.2, -0.15) is 5.10 Å². The Morgan fingerprint density at radius 2 is 2.43 bits per heavy atom. The molecular formula is C10H18N2O2. The van der Waals surface area contributed by atoms with Gasteiger partial charge in [0.1, 0.15) is 0 Å². The van der Waals surface area contributed by atoms with Gasteiger partial charge < -0.3 is 9.84 Å². The molecule has 0 aromatic carbocycles. The highest BCUT2D eigenvalue weighted by molar-refractivity contribution is 5.11. The van der Waals surface area contributed by atoms with E-state index in [1.54, 1.807) is 6.20 Å². The zero-order chi connectivity index (χ0) is 10.4. The number of nitrogens with zero attached hydrogens (tertiary/aromatic N) is 2. The first-order valence-electron chi connectivity index (χ1n) is 5.02. The highest BCUT2D eigenvalue weighted by Crippen LogP contribution is 2.09. The van der Waals surface area contributed by atoms with Crippen LogP contribution in [0.25, 0.3) is 0 Å². The second-order valence-electron chi connectivity index (χ2n) is 3.54. The summed E-state index contributed by atoms with van der Waals surface area (Å²) >= 11 is 0. The molecule has 0 aliphatic rings. The van der Waals surface area contributed by atoms with Crippen molar-refractivity contribution in [2.45, 2.75) is 26.8 Å². The molecule has 1 unspecified atom stereocenters. The Morgan fingerprint density at radius 1 is 1.64 bits per heavy atom. The number of rotatable bonds is 6. The zero-order valence-electron chi connectivity index (χ0n) is 8.81. The van der Waals surface area contributed by atoms with Crippen molar-refractivity contribution in [1.29, 1.82) is 0 Å². The van der Waals surface area contributed by atoms with Gasteiger partial charge in [-0.05, 0) is 6.42 Å². The largest absolute Gasteiger partial charge is 0.490 e. The van der Waals surface area contributed by atoms with Crippen LogP contribution < -0.4 is 4.74 Å². The highest BCUT2D eigenvalue weighted by atomic mass is 16.5. The Labute approximate surface area is 84.5 Å². The monoisotopic (exact) mass is 198 g/mol. The van der Waals surface area contributed by atoms with Crippen LogP contribution in [-0.4, -0.2) is 28.1 Å². The summed E-state index contributed by atoms with van der Waals surface area (Å²) in [6, 6.07) is 0. The molecule has 0 radical (unpaired) electrons. The predicted molar refractivity (Wildman–Crippen MR) is 54.3 cm³/mol. The number of aliphatic hydroxyl groups excluding tert-OH is 1. The van der Waals surface area contributed by atoms with Gasteiger partial charge in [-0.25, -0.2) is 0 Å². The second kappa shape index (κ2) is 5.65. The van der Waals surface area contributed by atoms with Gasteiger partial charge in [0.15, 0.2) is 5.75 Å². The second-order valence-corrected chi connectivity index (χ2v) is 3.54. The molecule has 1 N–H and O–H groups in total. The summed E-state index contributed by atoms with van der Waals surface area (Å²) in [5, 5.41) is 12.9. The molecule has 0 spiro atoms. The Kier molecular flexibility index (Phi) is 4.46. The van der Waals surface area contributed by atoms with Gasteiger partial charge in [0.2, 0.25) is 0 Å². The summed E-state index contributed by atoms with van der Waals surface area (Å²) in [5.74, 6) is 0.947. The van der Waals surface area contributed by atoms with Crippen LogP contribution in [0.4, 0.5) is 0 Å². The van der Waals surface area contributed by atoms with E-state index >= 15 is 0 Å². The maximum absolute atomic E-state index is 8.80. The lowest BCUT2D eigenvalue weighted by atomic mass is 10.2. The molecule has 1 atom stereocenters. The Hall–Kier alpha value is -1.03. The molecule has 1 heterocycles. The van der Waals surface area contributed by atoms with Crippen LogP contribution in [0.5, 0.6) is 5.75 Å². The van der Waals surface area contributed by atoms with E-state index in [4.69, 9.17) is 9.84 Å². The summed E-state index contributed by atoms with van der Waals surface area (Å²) in [4.78, 5) is 0. The summed E-state index contributed by atoms with van der Waals surface area (Å²) in [7, 11) is 0. The SMILES string of the molecule is CCCn1cc(OCC(C)CO)cn1. The van der Waals surface area contributed by atoms with Crippen molar-refractivity contribution in [3.8, 4) is 5.75 Å². The molecule has 1 rings (SSSR count). The number of hydrogen-bond donors (Lipinski definition) is 1. The fourth-order valence-corrected chi connectivity index (χ4v) is 1.06. The van der Waals surface area contributed by atoms with Gasteiger partial charge in [-0.3, -0.25) is 4.68 Å². The van der Waals surface area contributed by atoms with Gasteiger partial charge >= 0.3 is 0 Å². The first-order valence-corrected chi connectivity index (χ1v) is 5.02. The predicted octanol–water partition coefficient (Wildman–Crippen LogP) is 1.30. The van der Waals surface area contributed by atoms with Crippen molar-refractivity contribution >= 4 is 0 Å². The maximum atomic E-state index is 8.80. The lowest BCUT2D eigenvalue weighted by Gasteiger charge is -2.07. The van der Waals surface area contributed by atoms with Crippen LogP contribution in [-0.2, 0) is 6.54 Å². The molecule has 80 valence electrons. The molecule has 0 saturated carbocycles. The van der Waals surface area contributed by atoms with Crippen LogP contribution in [0, 0.1) is 5.92 Å². The fourth-order valence-electron chi connectivity index (χ4n) is 1.06. The smallest absolute Gasteiger partial charge is 0.157 e. The molecule has 14 heavy (non-hydrogen) atoms. The van der Waals surface area contributed by atoms with E-state index in [9.17, 15) is 0 Å². The third-order valence-corrected chi connectivity index (χ3v) is 1.91. The van der Waals surface area contributed by atoms with Crippen molar-refractivity contribution in [2.24, 2.45) is 5.92 Å². The lowest BCUT2D eigenvalue weighted by Crippen LogP contribution is -2.11. The maximum Gasteiger partial charge on any atom is 0.157 e. The summed E-state index contributed by atoms with van der Waals surface area (Å²) in [5.41, 5.74) is 0. The molecule has 0 bridgehead atoms. The minimum atomic E-state index is 0.156. The average molecular weight is 198 g/mol. The Morgan fingerprint density at radius 3 is 3.07 bits per heavy atom. The normalized spacial score (nSPS) is 12.8. The molecule has 0 aliphatic heterocycles. The minimum absolute atomic E-state index is 0.156. The molecule has 1 aromatic heterocycles. The molecule has 0 aliphatic carbocycles. The molecule has 0 fully saturated rings. The third kappa shape index (κ3) is 3.38. The van der Waals surface area contributed by atoms with Gasteiger partial charge in [0.25, 0.3) is 0 Å². The fraction of sp³-hybridized carbons (Fsp3) is 0.700.